The number of hydrogen-bond donors (Lipinski definition) is 2. The summed E-state index contributed by atoms with van der Waals surface area (Å²) in [6.07, 6.45) is 2.33. The van der Waals surface area contributed by atoms with Gasteiger partial charge >= 0.3 is 6.18 Å². The van der Waals surface area contributed by atoms with E-state index in [0.29, 0.717) is 38.2 Å². The largest absolute Gasteiger partial charge is 0.416 e. The molecule has 0 spiro atoms. The first-order chi connectivity index (χ1) is 17.2. The number of hydrazone groups is 1. The summed E-state index contributed by atoms with van der Waals surface area (Å²) >= 11 is 0. The summed E-state index contributed by atoms with van der Waals surface area (Å²) in [5.41, 5.74) is 5.32. The third kappa shape index (κ3) is 6.39. The van der Waals surface area contributed by atoms with Crippen LogP contribution in [-0.4, -0.2) is 42.0 Å². The van der Waals surface area contributed by atoms with Crippen molar-refractivity contribution in [3.63, 3.8) is 0 Å². The van der Waals surface area contributed by atoms with Gasteiger partial charge in [0.25, 0.3) is 0 Å². The number of hydrogen-bond acceptors (Lipinski definition) is 7. The van der Waals surface area contributed by atoms with E-state index < -0.39 is 17.6 Å². The molecule has 2 aliphatic rings. The molecule has 7 nitrogen and oxygen atoms in total. The van der Waals surface area contributed by atoms with Crippen molar-refractivity contribution in [2.75, 3.05) is 35.3 Å². The predicted octanol–water partition coefficient (Wildman–Crippen LogP) is 5.75. The van der Waals surface area contributed by atoms with Crippen LogP contribution in [0.2, 0.25) is 0 Å². The van der Waals surface area contributed by atoms with Gasteiger partial charge in [0.1, 0.15) is 0 Å². The molecule has 1 unspecified atom stereocenters. The number of aromatic nitrogens is 2. The Morgan fingerprint density at radius 2 is 2.11 bits per heavy atom. The zero-order valence-electron chi connectivity index (χ0n) is 20.1. The molecule has 0 bridgehead atoms. The van der Waals surface area contributed by atoms with Gasteiger partial charge in [0.15, 0.2) is 11.6 Å². The van der Waals surface area contributed by atoms with Crippen LogP contribution >= 0.6 is 0 Å². The van der Waals surface area contributed by atoms with Gasteiger partial charge in [-0.05, 0) is 61.6 Å². The Balaban J connectivity index is 1.44. The molecule has 1 atom stereocenters. The van der Waals surface area contributed by atoms with E-state index in [1.165, 1.54) is 6.07 Å². The highest BCUT2D eigenvalue weighted by atomic mass is 19.4. The van der Waals surface area contributed by atoms with E-state index in [1.807, 2.05) is 24.8 Å². The van der Waals surface area contributed by atoms with E-state index in [4.69, 9.17) is 4.74 Å². The molecule has 0 amide bonds. The standard InChI is InChI=1S/C25H28F4N6O/c1-3-17-11-21(32-20-6-4-5-19(12-20)25(27,28)29)8-7-18(17)13-31-34-24-30-14-22(26)23(33-24)35-9-10-36-16(2)15-35/h4-6,11-14,16,32H,3,7-10,15H2,1-2H3,(H,30,33,34)/b31-13+. The number of alkyl halides is 3. The molecule has 192 valence electrons. The Hall–Kier alpha value is -3.47. The molecular formula is C25H28F4N6O. The van der Waals surface area contributed by atoms with Crippen molar-refractivity contribution in [2.45, 2.75) is 45.4 Å². The quantitative estimate of drug-likeness (QED) is 0.284. The molecule has 1 saturated heterocycles. The fourth-order valence-electron chi connectivity index (χ4n) is 4.15. The van der Waals surface area contributed by atoms with E-state index >= 15 is 0 Å². The first kappa shape index (κ1) is 25.6. The van der Waals surface area contributed by atoms with Crippen molar-refractivity contribution in [1.29, 1.82) is 0 Å². The molecule has 0 saturated carbocycles. The highest BCUT2D eigenvalue weighted by Gasteiger charge is 2.30. The van der Waals surface area contributed by atoms with Gasteiger partial charge in [0, 0.05) is 24.5 Å². The lowest BCUT2D eigenvalue weighted by Gasteiger charge is -2.32. The van der Waals surface area contributed by atoms with Crippen LogP contribution in [-0.2, 0) is 10.9 Å². The SMILES string of the molecule is CCC1=C(/C=N/Nc2ncc(F)c(N3CCOC(C)C3)n2)CCC(Nc2cccc(C(F)(F)F)c2)=C1. The van der Waals surface area contributed by atoms with Crippen molar-refractivity contribution in [1.82, 2.24) is 9.97 Å². The lowest BCUT2D eigenvalue weighted by atomic mass is 9.94. The van der Waals surface area contributed by atoms with E-state index in [-0.39, 0.29) is 17.9 Å². The van der Waals surface area contributed by atoms with Crippen LogP contribution in [0, 0.1) is 5.82 Å². The van der Waals surface area contributed by atoms with Gasteiger partial charge in [-0.15, -0.1) is 0 Å². The average molecular weight is 505 g/mol. The van der Waals surface area contributed by atoms with Crippen molar-refractivity contribution in [2.24, 2.45) is 5.10 Å². The van der Waals surface area contributed by atoms with Gasteiger partial charge in [0.05, 0.1) is 30.7 Å². The fourth-order valence-corrected chi connectivity index (χ4v) is 4.15. The normalized spacial score (nSPS) is 19.0. The number of benzene rings is 1. The van der Waals surface area contributed by atoms with E-state index in [0.717, 1.165) is 41.6 Å². The van der Waals surface area contributed by atoms with Crippen LogP contribution < -0.4 is 15.6 Å². The number of morpholine rings is 1. The number of allylic oxidation sites excluding steroid dienone is 4. The van der Waals surface area contributed by atoms with Crippen LogP contribution in [0.4, 0.5) is 35.0 Å². The summed E-state index contributed by atoms with van der Waals surface area (Å²) in [6, 6.07) is 5.15. The van der Waals surface area contributed by atoms with Gasteiger partial charge < -0.3 is 15.0 Å². The molecule has 4 rings (SSSR count). The summed E-state index contributed by atoms with van der Waals surface area (Å²) in [5, 5.41) is 7.35. The molecule has 2 N–H and O–H groups in total. The molecule has 1 aromatic carbocycles. The first-order valence-electron chi connectivity index (χ1n) is 11.8. The third-order valence-corrected chi connectivity index (χ3v) is 5.95. The number of halogens is 4. The molecule has 11 heteroatoms. The minimum absolute atomic E-state index is 0.0192. The number of nitrogens with one attached hydrogen (secondary N) is 2. The zero-order chi connectivity index (χ0) is 25.7. The molecular weight excluding hydrogens is 476 g/mol. The highest BCUT2D eigenvalue weighted by Crippen LogP contribution is 2.32. The maximum absolute atomic E-state index is 14.3. The van der Waals surface area contributed by atoms with E-state index in [9.17, 15) is 17.6 Å². The van der Waals surface area contributed by atoms with Crippen LogP contribution in [0.15, 0.2) is 58.5 Å². The fraction of sp³-hybridized carbons (Fsp3) is 0.400. The van der Waals surface area contributed by atoms with Crippen LogP contribution in [0.25, 0.3) is 0 Å². The summed E-state index contributed by atoms with van der Waals surface area (Å²) in [6.45, 7) is 5.49. The Morgan fingerprint density at radius 1 is 1.28 bits per heavy atom. The van der Waals surface area contributed by atoms with Crippen molar-refractivity contribution >= 4 is 23.7 Å². The Kier molecular flexibility index (Phi) is 7.88. The monoisotopic (exact) mass is 504 g/mol. The second-order valence-electron chi connectivity index (χ2n) is 8.64. The third-order valence-electron chi connectivity index (χ3n) is 5.95. The number of ether oxygens (including phenoxy) is 1. The number of rotatable bonds is 7. The zero-order valence-corrected chi connectivity index (χ0v) is 20.1. The first-order valence-corrected chi connectivity index (χ1v) is 11.8. The Bertz CT molecular complexity index is 1180. The van der Waals surface area contributed by atoms with Gasteiger partial charge in [0.2, 0.25) is 5.95 Å². The smallest absolute Gasteiger partial charge is 0.375 e. The van der Waals surface area contributed by atoms with Gasteiger partial charge in [-0.2, -0.15) is 23.3 Å². The van der Waals surface area contributed by atoms with Gasteiger partial charge in [-0.3, -0.25) is 0 Å². The maximum atomic E-state index is 14.3. The molecule has 36 heavy (non-hydrogen) atoms. The Labute approximate surface area is 207 Å². The summed E-state index contributed by atoms with van der Waals surface area (Å²) in [5.74, 6) is -0.122. The van der Waals surface area contributed by atoms with Gasteiger partial charge in [-0.25, -0.2) is 14.8 Å². The van der Waals surface area contributed by atoms with Crippen molar-refractivity contribution < 1.29 is 22.3 Å². The summed E-state index contributed by atoms with van der Waals surface area (Å²) < 4.78 is 58.8. The molecule has 1 aliphatic carbocycles. The topological polar surface area (TPSA) is 74.7 Å². The molecule has 2 heterocycles. The maximum Gasteiger partial charge on any atom is 0.416 e. The molecule has 1 fully saturated rings. The molecule has 1 aliphatic heterocycles. The predicted molar refractivity (Wildman–Crippen MR) is 131 cm³/mol. The minimum atomic E-state index is -4.39. The Morgan fingerprint density at radius 3 is 2.86 bits per heavy atom. The second-order valence-corrected chi connectivity index (χ2v) is 8.64. The minimum Gasteiger partial charge on any atom is -0.375 e. The average Bonchev–Trinajstić information content (AvgIpc) is 2.85. The van der Waals surface area contributed by atoms with Gasteiger partial charge in [-0.1, -0.05) is 13.0 Å². The van der Waals surface area contributed by atoms with Crippen molar-refractivity contribution in [3.8, 4) is 0 Å². The van der Waals surface area contributed by atoms with E-state index in [2.05, 4.69) is 25.8 Å². The number of nitrogens with zero attached hydrogens (tertiary/aromatic N) is 4. The molecule has 1 aromatic heterocycles. The summed E-state index contributed by atoms with van der Waals surface area (Å²) in [4.78, 5) is 10.1. The molecule has 0 radical (unpaired) electrons. The lowest BCUT2D eigenvalue weighted by Crippen LogP contribution is -2.42. The number of anilines is 3. The van der Waals surface area contributed by atoms with Crippen molar-refractivity contribution in [3.05, 3.63) is 64.8 Å². The second kappa shape index (κ2) is 11.1. The van der Waals surface area contributed by atoms with Crippen LogP contribution in [0.5, 0.6) is 0 Å². The molecule has 2 aromatic rings. The van der Waals surface area contributed by atoms with E-state index in [1.54, 1.807) is 12.3 Å². The highest BCUT2D eigenvalue weighted by molar-refractivity contribution is 5.82. The summed E-state index contributed by atoms with van der Waals surface area (Å²) in [7, 11) is 0. The lowest BCUT2D eigenvalue weighted by molar-refractivity contribution is -0.137. The van der Waals surface area contributed by atoms with Crippen LogP contribution in [0.1, 0.15) is 38.7 Å². The van der Waals surface area contributed by atoms with Crippen LogP contribution in [0.3, 0.4) is 0 Å².